The molecule has 0 heterocycles. The van der Waals surface area contributed by atoms with Gasteiger partial charge in [-0.05, 0) is 6.07 Å². The van der Waals surface area contributed by atoms with Crippen molar-refractivity contribution in [1.82, 2.24) is 9.62 Å². The molecule has 1 aromatic carbocycles. The van der Waals surface area contributed by atoms with Crippen LogP contribution in [0, 0.1) is 0 Å². The zero-order valence-electron chi connectivity index (χ0n) is 11.7. The molecule has 0 radical (unpaired) electrons. The lowest BCUT2D eigenvalue weighted by molar-refractivity contribution is 0.370. The lowest BCUT2D eigenvalue weighted by Crippen LogP contribution is -2.31. The van der Waals surface area contributed by atoms with Crippen LogP contribution in [0.2, 0.25) is 5.02 Å². The summed E-state index contributed by atoms with van der Waals surface area (Å²) in [6.45, 7) is 0.570. The molecule has 0 saturated heterocycles. The van der Waals surface area contributed by atoms with Crippen LogP contribution in [0.4, 0.5) is 0 Å². The number of methoxy groups -OCH3 is 1. The van der Waals surface area contributed by atoms with E-state index >= 15 is 0 Å². The molecule has 114 valence electrons. The highest BCUT2D eigenvalue weighted by Gasteiger charge is 2.13. The summed E-state index contributed by atoms with van der Waals surface area (Å²) in [4.78, 5) is 0. The molecule has 6 nitrogen and oxygen atoms in total. The van der Waals surface area contributed by atoms with Gasteiger partial charge in [0.1, 0.15) is 0 Å². The third kappa shape index (κ3) is 4.52. The predicted octanol–water partition coefficient (Wildman–Crippen LogP) is 1.04. The van der Waals surface area contributed by atoms with Crippen LogP contribution in [0.25, 0.3) is 0 Å². The number of nitrogens with one attached hydrogen (secondary N) is 1. The normalized spacial score (nSPS) is 11.8. The molecule has 0 aliphatic heterocycles. The minimum absolute atomic E-state index is 0.000123. The molecule has 0 atom stereocenters. The number of ether oxygens (including phenoxy) is 1. The Kier molecular flexibility index (Phi) is 6.07. The highest BCUT2D eigenvalue weighted by Crippen LogP contribution is 2.33. The van der Waals surface area contributed by atoms with Crippen molar-refractivity contribution in [3.05, 3.63) is 22.7 Å². The van der Waals surface area contributed by atoms with Gasteiger partial charge in [-0.3, -0.25) is 0 Å². The van der Waals surface area contributed by atoms with Gasteiger partial charge in [-0.15, -0.1) is 0 Å². The van der Waals surface area contributed by atoms with Gasteiger partial charge in [0.15, 0.2) is 11.5 Å². The topological polar surface area (TPSA) is 78.9 Å². The van der Waals surface area contributed by atoms with E-state index in [0.29, 0.717) is 17.1 Å². The van der Waals surface area contributed by atoms with Crippen LogP contribution in [0.3, 0.4) is 0 Å². The molecule has 0 aromatic heterocycles. The summed E-state index contributed by atoms with van der Waals surface area (Å²) in [6, 6.07) is 3.11. The molecule has 0 unspecified atom stereocenters. The summed E-state index contributed by atoms with van der Waals surface area (Å²) in [6.07, 6.45) is 0. The van der Waals surface area contributed by atoms with E-state index in [1.54, 1.807) is 6.07 Å². The lowest BCUT2D eigenvalue weighted by atomic mass is 10.2. The van der Waals surface area contributed by atoms with E-state index < -0.39 is 10.0 Å². The highest BCUT2D eigenvalue weighted by atomic mass is 35.5. The molecule has 0 aliphatic rings. The molecular weight excluding hydrogens is 304 g/mol. The van der Waals surface area contributed by atoms with E-state index in [2.05, 4.69) is 5.32 Å². The van der Waals surface area contributed by atoms with E-state index in [0.717, 1.165) is 0 Å². The maximum absolute atomic E-state index is 11.6. The number of rotatable bonds is 7. The van der Waals surface area contributed by atoms with Crippen LogP contribution in [0.15, 0.2) is 12.1 Å². The molecular formula is C12H19ClN2O4S. The summed E-state index contributed by atoms with van der Waals surface area (Å²) >= 11 is 5.91. The van der Waals surface area contributed by atoms with Crippen molar-refractivity contribution in [1.29, 1.82) is 0 Å². The van der Waals surface area contributed by atoms with Crippen molar-refractivity contribution in [2.45, 2.75) is 6.54 Å². The predicted molar refractivity (Wildman–Crippen MR) is 78.8 cm³/mol. The van der Waals surface area contributed by atoms with Crippen LogP contribution in [0.5, 0.6) is 11.5 Å². The fourth-order valence-corrected chi connectivity index (χ4v) is 2.52. The molecule has 1 aromatic rings. The summed E-state index contributed by atoms with van der Waals surface area (Å²) < 4.78 is 29.3. The van der Waals surface area contributed by atoms with Crippen molar-refractivity contribution >= 4 is 21.6 Å². The number of halogens is 1. The van der Waals surface area contributed by atoms with E-state index in [-0.39, 0.29) is 23.8 Å². The van der Waals surface area contributed by atoms with Crippen molar-refractivity contribution in [2.24, 2.45) is 0 Å². The van der Waals surface area contributed by atoms with Crippen LogP contribution < -0.4 is 10.1 Å². The van der Waals surface area contributed by atoms with E-state index in [1.165, 1.54) is 31.6 Å². The Balaban J connectivity index is 2.61. The van der Waals surface area contributed by atoms with Gasteiger partial charge in [0.2, 0.25) is 10.0 Å². The number of benzene rings is 1. The Labute approximate surface area is 124 Å². The Morgan fingerprint density at radius 1 is 1.40 bits per heavy atom. The number of sulfonamides is 1. The minimum Gasteiger partial charge on any atom is -0.504 e. The number of phenols is 1. The second kappa shape index (κ2) is 7.12. The van der Waals surface area contributed by atoms with Gasteiger partial charge in [0.05, 0.1) is 12.9 Å². The first-order valence-electron chi connectivity index (χ1n) is 5.94. The molecule has 20 heavy (non-hydrogen) atoms. The van der Waals surface area contributed by atoms with E-state index in [9.17, 15) is 13.5 Å². The van der Waals surface area contributed by atoms with Crippen molar-refractivity contribution in [3.63, 3.8) is 0 Å². The fraction of sp³-hybridized carbons (Fsp3) is 0.500. The largest absolute Gasteiger partial charge is 0.504 e. The summed E-state index contributed by atoms with van der Waals surface area (Å²) in [5.74, 6) is 0.272. The molecule has 0 fully saturated rings. The highest BCUT2D eigenvalue weighted by molar-refractivity contribution is 7.89. The van der Waals surface area contributed by atoms with Crippen LogP contribution in [-0.4, -0.2) is 51.3 Å². The summed E-state index contributed by atoms with van der Waals surface area (Å²) in [5, 5.41) is 13.3. The third-order valence-corrected chi connectivity index (χ3v) is 4.80. The smallest absolute Gasteiger partial charge is 0.214 e. The molecule has 2 N–H and O–H groups in total. The Morgan fingerprint density at radius 3 is 2.60 bits per heavy atom. The van der Waals surface area contributed by atoms with Crippen molar-refractivity contribution < 1.29 is 18.3 Å². The standard InChI is InChI=1S/C12H19ClN2O4S/c1-15(2)20(17,18)5-4-14-8-9-6-10(13)7-11(19-3)12(9)16/h6-7,14,16H,4-5,8H2,1-3H3. The maximum atomic E-state index is 11.6. The van der Waals surface area contributed by atoms with Crippen molar-refractivity contribution in [2.75, 3.05) is 33.5 Å². The number of hydrogen-bond donors (Lipinski definition) is 2. The second-order valence-corrected chi connectivity index (χ2v) is 7.13. The number of nitrogens with zero attached hydrogens (tertiary/aromatic N) is 1. The van der Waals surface area contributed by atoms with Gasteiger partial charge in [0.25, 0.3) is 0 Å². The number of phenolic OH excluding ortho intramolecular Hbond substituents is 1. The Bertz CT molecular complexity index is 561. The van der Waals surface area contributed by atoms with Gasteiger partial charge in [-0.2, -0.15) is 0 Å². The minimum atomic E-state index is -3.23. The average molecular weight is 323 g/mol. The molecule has 0 aliphatic carbocycles. The van der Waals surface area contributed by atoms with Gasteiger partial charge in [-0.25, -0.2) is 12.7 Å². The summed E-state index contributed by atoms with van der Waals surface area (Å²) in [7, 11) is 1.19. The average Bonchev–Trinajstić information content (AvgIpc) is 2.37. The first kappa shape index (κ1) is 17.0. The Morgan fingerprint density at radius 2 is 2.05 bits per heavy atom. The van der Waals surface area contributed by atoms with Crippen LogP contribution in [-0.2, 0) is 16.6 Å². The molecule has 0 saturated carbocycles. The van der Waals surface area contributed by atoms with Gasteiger partial charge >= 0.3 is 0 Å². The lowest BCUT2D eigenvalue weighted by Gasteiger charge is -2.13. The van der Waals surface area contributed by atoms with Crippen molar-refractivity contribution in [3.8, 4) is 11.5 Å². The van der Waals surface area contributed by atoms with E-state index in [1.807, 2.05) is 0 Å². The quantitative estimate of drug-likeness (QED) is 0.733. The molecule has 1 rings (SSSR count). The maximum Gasteiger partial charge on any atom is 0.214 e. The third-order valence-electron chi connectivity index (χ3n) is 2.75. The van der Waals surface area contributed by atoms with Gasteiger partial charge in [0, 0.05) is 43.8 Å². The van der Waals surface area contributed by atoms with Crippen LogP contribution >= 0.6 is 11.6 Å². The molecule has 8 heteroatoms. The SMILES string of the molecule is COc1cc(Cl)cc(CNCCS(=O)(=O)N(C)C)c1O. The number of hydrogen-bond acceptors (Lipinski definition) is 5. The molecule has 0 bridgehead atoms. The van der Waals surface area contributed by atoms with E-state index in [4.69, 9.17) is 16.3 Å². The monoisotopic (exact) mass is 322 g/mol. The Hall–Kier alpha value is -1.02. The molecule has 0 spiro atoms. The molecule has 0 amide bonds. The summed E-state index contributed by atoms with van der Waals surface area (Å²) in [5.41, 5.74) is 0.552. The van der Waals surface area contributed by atoms with Gasteiger partial charge in [-0.1, -0.05) is 11.6 Å². The zero-order chi connectivity index (χ0) is 15.3. The zero-order valence-corrected chi connectivity index (χ0v) is 13.3. The second-order valence-electron chi connectivity index (χ2n) is 4.39. The van der Waals surface area contributed by atoms with Crippen LogP contribution in [0.1, 0.15) is 5.56 Å². The van der Waals surface area contributed by atoms with Gasteiger partial charge < -0.3 is 15.2 Å². The number of aromatic hydroxyl groups is 1. The first-order chi connectivity index (χ1) is 9.27. The first-order valence-corrected chi connectivity index (χ1v) is 7.93. The fourth-order valence-electron chi connectivity index (χ4n) is 1.53.